The first-order valence-electron chi connectivity index (χ1n) is 4.72. The van der Waals surface area contributed by atoms with Gasteiger partial charge in [-0.15, -0.1) is 0 Å². The number of rotatable bonds is 4. The van der Waals surface area contributed by atoms with Gasteiger partial charge in [0.15, 0.2) is 0 Å². The molecule has 3 nitrogen and oxygen atoms in total. The molecule has 78 valence electrons. The molecule has 0 saturated heterocycles. The minimum absolute atomic E-state index is 0.458. The molecule has 0 fully saturated rings. The normalized spacial score (nSPS) is 15.0. The fourth-order valence-electron chi connectivity index (χ4n) is 1.29. The van der Waals surface area contributed by atoms with Crippen molar-refractivity contribution in [3.63, 3.8) is 0 Å². The Bertz CT molecular complexity index is 352. The van der Waals surface area contributed by atoms with Gasteiger partial charge in [-0.2, -0.15) is 0 Å². The number of nitrogens with two attached hydrogens (primary N) is 1. The maximum atomic E-state index is 12.3. The van der Waals surface area contributed by atoms with E-state index in [-0.39, 0.29) is 0 Å². The Morgan fingerprint density at radius 3 is 2.64 bits per heavy atom. The predicted molar refractivity (Wildman–Crippen MR) is 60.3 cm³/mol. The Kier molecular flexibility index (Phi) is 3.73. The second kappa shape index (κ2) is 4.63. The summed E-state index contributed by atoms with van der Waals surface area (Å²) in [4.78, 5) is 0. The summed E-state index contributed by atoms with van der Waals surface area (Å²) >= 11 is 0. The molecule has 0 spiro atoms. The van der Waals surface area contributed by atoms with Gasteiger partial charge in [0.05, 0.1) is 6.61 Å². The average molecular weight is 213 g/mol. The summed E-state index contributed by atoms with van der Waals surface area (Å²) in [5.74, 6) is 0. The Labute approximate surface area is 84.7 Å². The summed E-state index contributed by atoms with van der Waals surface area (Å²) in [5, 5.41) is 0.710. The zero-order valence-corrected chi connectivity index (χ0v) is 9.46. The summed E-state index contributed by atoms with van der Waals surface area (Å²) in [5.41, 5.74) is 6.25. The topological polar surface area (TPSA) is 52.3 Å². The molecule has 0 heterocycles. The molecule has 14 heavy (non-hydrogen) atoms. The molecule has 1 atom stereocenters. The van der Waals surface area contributed by atoms with Gasteiger partial charge in [0.25, 0.3) is 0 Å². The highest BCUT2D eigenvalue weighted by Crippen LogP contribution is 2.45. The molecule has 0 unspecified atom stereocenters. The molecule has 0 aliphatic carbocycles. The van der Waals surface area contributed by atoms with Crippen LogP contribution >= 0.6 is 7.37 Å². The van der Waals surface area contributed by atoms with Crippen molar-refractivity contribution in [2.24, 2.45) is 0 Å². The van der Waals surface area contributed by atoms with Crippen LogP contribution in [-0.2, 0) is 9.09 Å². The van der Waals surface area contributed by atoms with Crippen LogP contribution in [0.2, 0.25) is 0 Å². The minimum Gasteiger partial charge on any atom is -0.399 e. The molecule has 1 aromatic carbocycles. The standard InChI is InChI=1S/C10H16NO2P/c1-3-13-14(12,4-2)10-7-5-6-9(11)8-10/h5-8H,3-4,11H2,1-2H3/t14-/m0/s1. The number of nitrogen functional groups attached to an aromatic ring is 1. The molecule has 0 amide bonds. The monoisotopic (exact) mass is 213 g/mol. The van der Waals surface area contributed by atoms with E-state index in [0.29, 0.717) is 23.8 Å². The first-order chi connectivity index (χ1) is 6.62. The molecule has 0 bridgehead atoms. The smallest absolute Gasteiger partial charge is 0.231 e. The maximum Gasteiger partial charge on any atom is 0.231 e. The van der Waals surface area contributed by atoms with E-state index in [0.717, 1.165) is 0 Å². The molecule has 1 aromatic rings. The van der Waals surface area contributed by atoms with Crippen molar-refractivity contribution in [1.82, 2.24) is 0 Å². The lowest BCUT2D eigenvalue weighted by atomic mass is 10.3. The van der Waals surface area contributed by atoms with Crippen molar-refractivity contribution in [2.45, 2.75) is 13.8 Å². The Balaban J connectivity index is 3.06. The SMILES string of the molecule is CCO[P@@](=O)(CC)c1cccc(N)c1. The third-order valence-electron chi connectivity index (χ3n) is 2.02. The number of benzene rings is 1. The molecule has 0 aliphatic heterocycles. The van der Waals surface area contributed by atoms with E-state index in [1.54, 1.807) is 24.3 Å². The first kappa shape index (κ1) is 11.3. The van der Waals surface area contributed by atoms with E-state index in [4.69, 9.17) is 10.3 Å². The fourth-order valence-corrected chi connectivity index (χ4v) is 3.07. The van der Waals surface area contributed by atoms with E-state index in [1.807, 2.05) is 13.8 Å². The van der Waals surface area contributed by atoms with Gasteiger partial charge >= 0.3 is 0 Å². The van der Waals surface area contributed by atoms with Crippen LogP contribution in [0.5, 0.6) is 0 Å². The number of hydrogen-bond donors (Lipinski definition) is 1. The van der Waals surface area contributed by atoms with Gasteiger partial charge in [-0.25, -0.2) is 0 Å². The fraction of sp³-hybridized carbons (Fsp3) is 0.400. The summed E-state index contributed by atoms with van der Waals surface area (Å²) < 4.78 is 17.6. The third-order valence-corrected chi connectivity index (χ3v) is 4.59. The predicted octanol–water partition coefficient (Wildman–Crippen LogP) is 2.23. The largest absolute Gasteiger partial charge is 0.399 e. The van der Waals surface area contributed by atoms with Crippen LogP contribution in [0.15, 0.2) is 24.3 Å². The van der Waals surface area contributed by atoms with Gasteiger partial charge in [0.2, 0.25) is 7.37 Å². The van der Waals surface area contributed by atoms with Crippen molar-refractivity contribution in [1.29, 1.82) is 0 Å². The van der Waals surface area contributed by atoms with Crippen LogP contribution in [0, 0.1) is 0 Å². The van der Waals surface area contributed by atoms with Crippen LogP contribution in [-0.4, -0.2) is 12.8 Å². The lowest BCUT2D eigenvalue weighted by Crippen LogP contribution is -2.10. The van der Waals surface area contributed by atoms with E-state index in [2.05, 4.69) is 0 Å². The lowest BCUT2D eigenvalue weighted by molar-refractivity contribution is 0.341. The zero-order chi connectivity index (χ0) is 10.6. The third kappa shape index (κ3) is 2.37. The van der Waals surface area contributed by atoms with E-state index < -0.39 is 7.37 Å². The van der Waals surface area contributed by atoms with Crippen LogP contribution in [0.25, 0.3) is 0 Å². The number of hydrogen-bond acceptors (Lipinski definition) is 3. The van der Waals surface area contributed by atoms with Gasteiger partial charge in [-0.3, -0.25) is 4.57 Å². The zero-order valence-electron chi connectivity index (χ0n) is 8.56. The van der Waals surface area contributed by atoms with Crippen LogP contribution in [0.3, 0.4) is 0 Å². The number of anilines is 1. The highest BCUT2D eigenvalue weighted by Gasteiger charge is 2.22. The van der Waals surface area contributed by atoms with E-state index in [1.165, 1.54) is 0 Å². The Hall–Kier alpha value is -0.790. The summed E-state index contributed by atoms with van der Waals surface area (Å²) in [7, 11) is -2.66. The van der Waals surface area contributed by atoms with Gasteiger partial charge in [0, 0.05) is 17.2 Å². The highest BCUT2D eigenvalue weighted by atomic mass is 31.2. The molecule has 1 rings (SSSR count). The van der Waals surface area contributed by atoms with Crippen molar-refractivity contribution in [3.8, 4) is 0 Å². The summed E-state index contributed by atoms with van der Waals surface area (Å²) in [6.45, 7) is 4.16. The average Bonchev–Trinajstić information content (AvgIpc) is 2.18. The van der Waals surface area contributed by atoms with Crippen molar-refractivity contribution in [2.75, 3.05) is 18.5 Å². The second-order valence-corrected chi connectivity index (χ2v) is 5.76. The molecular weight excluding hydrogens is 197 g/mol. The molecule has 0 aromatic heterocycles. The van der Waals surface area contributed by atoms with Crippen LogP contribution < -0.4 is 11.0 Å². The molecule has 4 heteroatoms. The molecule has 0 radical (unpaired) electrons. The van der Waals surface area contributed by atoms with Crippen molar-refractivity contribution < 1.29 is 9.09 Å². The Morgan fingerprint density at radius 2 is 2.14 bits per heavy atom. The highest BCUT2D eigenvalue weighted by molar-refractivity contribution is 7.66. The van der Waals surface area contributed by atoms with Gasteiger partial charge < -0.3 is 10.3 Å². The van der Waals surface area contributed by atoms with E-state index >= 15 is 0 Å². The van der Waals surface area contributed by atoms with Crippen molar-refractivity contribution in [3.05, 3.63) is 24.3 Å². The van der Waals surface area contributed by atoms with Crippen LogP contribution in [0.1, 0.15) is 13.8 Å². The summed E-state index contributed by atoms with van der Waals surface area (Å²) in [6.07, 6.45) is 0.504. The summed E-state index contributed by atoms with van der Waals surface area (Å²) in [6, 6.07) is 7.09. The second-order valence-electron chi connectivity index (χ2n) is 3.00. The molecule has 2 N–H and O–H groups in total. The van der Waals surface area contributed by atoms with Crippen LogP contribution in [0.4, 0.5) is 5.69 Å². The van der Waals surface area contributed by atoms with Gasteiger partial charge in [0.1, 0.15) is 0 Å². The van der Waals surface area contributed by atoms with Crippen molar-refractivity contribution >= 4 is 18.4 Å². The van der Waals surface area contributed by atoms with E-state index in [9.17, 15) is 4.57 Å². The minimum atomic E-state index is -2.66. The first-order valence-corrected chi connectivity index (χ1v) is 6.53. The Morgan fingerprint density at radius 1 is 1.43 bits per heavy atom. The van der Waals surface area contributed by atoms with Gasteiger partial charge in [-0.05, 0) is 25.1 Å². The molecule has 0 aliphatic rings. The molecule has 0 saturated carbocycles. The molecular formula is C10H16NO2P. The maximum absolute atomic E-state index is 12.3. The lowest BCUT2D eigenvalue weighted by Gasteiger charge is -2.16. The quantitative estimate of drug-likeness (QED) is 0.616. The van der Waals surface area contributed by atoms with Gasteiger partial charge in [-0.1, -0.05) is 13.0 Å².